The minimum Gasteiger partial charge on any atom is -0.455 e. The molecule has 0 amide bonds. The van der Waals surface area contributed by atoms with Gasteiger partial charge in [-0.15, -0.1) is 0 Å². The lowest BCUT2D eigenvalue weighted by Crippen LogP contribution is -2.24. The lowest BCUT2D eigenvalue weighted by molar-refractivity contribution is 0.592. The van der Waals surface area contributed by atoms with Gasteiger partial charge in [-0.3, -0.25) is 0 Å². The van der Waals surface area contributed by atoms with E-state index in [9.17, 15) is 0 Å². The summed E-state index contributed by atoms with van der Waals surface area (Å²) in [5.41, 5.74) is 9.52. The Morgan fingerprint density at radius 3 is 1.49 bits per heavy atom. The van der Waals surface area contributed by atoms with Crippen molar-refractivity contribution in [3.05, 3.63) is 243 Å². The van der Waals surface area contributed by atoms with E-state index in [1.54, 1.807) is 0 Å². The Morgan fingerprint density at radius 2 is 0.853 bits per heavy atom. The molecule has 318 valence electrons. The number of aromatic nitrogens is 1. The van der Waals surface area contributed by atoms with Crippen LogP contribution in [0, 0.1) is 0 Å². The Morgan fingerprint density at radius 1 is 0.353 bits per heavy atom. The third kappa shape index (κ3) is 5.64. The van der Waals surface area contributed by atoms with Crippen LogP contribution in [0.2, 0.25) is 0 Å². The number of nitrogens with zero attached hydrogens (tertiary/aromatic N) is 1. The standard InChI is InChI=1S/C64H40NO2P/c66-68(45-22-6-2-7-23-45,46-24-8-3-9-25-46)47-34-36-58-55(40-47)54-39-43(32-35-57(54)65(58)44-20-4-1-5-21-44)60-50-28-14-16-30-52(50)61(53-31-17-15-29-51(53)60)56-38-42-19-11-13-27-49(42)63-62-48-26-12-10-18-41(48)33-37-59(62)67-64(56)63/h1-40H. The highest BCUT2D eigenvalue weighted by molar-refractivity contribution is 7.85. The molecule has 0 saturated carbocycles. The van der Waals surface area contributed by atoms with Gasteiger partial charge in [-0.25, -0.2) is 0 Å². The van der Waals surface area contributed by atoms with Gasteiger partial charge in [0, 0.05) is 54.3 Å². The van der Waals surface area contributed by atoms with Gasteiger partial charge in [0.15, 0.2) is 7.14 Å². The Balaban J connectivity index is 1.06. The highest BCUT2D eigenvalue weighted by Crippen LogP contribution is 2.50. The van der Waals surface area contributed by atoms with E-state index in [1.807, 2.05) is 60.7 Å². The number of hydrogen-bond acceptors (Lipinski definition) is 2. The molecule has 3 nitrogen and oxygen atoms in total. The summed E-state index contributed by atoms with van der Waals surface area (Å²) in [5.74, 6) is 0. The lowest BCUT2D eigenvalue weighted by Gasteiger charge is -2.20. The maximum atomic E-state index is 15.9. The van der Waals surface area contributed by atoms with Crippen LogP contribution in [0.15, 0.2) is 247 Å². The third-order valence-electron chi connectivity index (χ3n) is 14.2. The number of hydrogen-bond donors (Lipinski definition) is 0. The molecule has 0 radical (unpaired) electrons. The SMILES string of the molecule is O=P(c1ccccc1)(c1ccccc1)c1ccc2c(c1)c1cc(-c3c4ccccc4c(-c4cc5ccccc5c5c4oc4ccc6ccccc6c45)c4ccccc34)ccc1n2-c1ccccc1. The summed E-state index contributed by atoms with van der Waals surface area (Å²) < 4.78 is 25.3. The fourth-order valence-corrected chi connectivity index (χ4v) is 13.9. The summed E-state index contributed by atoms with van der Waals surface area (Å²) >= 11 is 0. The zero-order chi connectivity index (χ0) is 44.9. The molecule has 0 aliphatic heterocycles. The smallest absolute Gasteiger partial charge is 0.171 e. The molecule has 0 aliphatic rings. The average molecular weight is 886 g/mol. The molecule has 68 heavy (non-hydrogen) atoms. The molecule has 4 heteroatoms. The second-order valence-electron chi connectivity index (χ2n) is 17.8. The summed E-state index contributed by atoms with van der Waals surface area (Å²) in [4.78, 5) is 0. The number of rotatable bonds is 6. The van der Waals surface area contributed by atoms with Crippen molar-refractivity contribution in [2.24, 2.45) is 0 Å². The molecule has 0 fully saturated rings. The highest BCUT2D eigenvalue weighted by atomic mass is 31.2. The Labute approximate surface area is 392 Å². The van der Waals surface area contributed by atoms with Crippen molar-refractivity contribution >= 4 is 110 Å². The van der Waals surface area contributed by atoms with Crippen molar-refractivity contribution in [3.8, 4) is 27.9 Å². The van der Waals surface area contributed by atoms with Crippen molar-refractivity contribution in [1.82, 2.24) is 4.57 Å². The molecule has 0 N–H and O–H groups in total. The Hall–Kier alpha value is -8.49. The summed E-state index contributed by atoms with van der Waals surface area (Å²) in [6.07, 6.45) is 0. The number of para-hydroxylation sites is 1. The molecule has 0 bridgehead atoms. The zero-order valence-electron chi connectivity index (χ0n) is 36.8. The fraction of sp³-hybridized carbons (Fsp3) is 0. The van der Waals surface area contributed by atoms with Gasteiger partial charge in [0.1, 0.15) is 11.2 Å². The van der Waals surface area contributed by atoms with E-state index in [1.165, 1.54) is 27.1 Å². The fourth-order valence-electron chi connectivity index (χ4n) is 11.2. The first-order valence-electron chi connectivity index (χ1n) is 23.2. The van der Waals surface area contributed by atoms with Gasteiger partial charge in [0.2, 0.25) is 0 Å². The van der Waals surface area contributed by atoms with E-state index in [2.05, 4.69) is 187 Å². The molecule has 0 spiro atoms. The molecule has 12 aromatic carbocycles. The number of fused-ring (bicyclic) bond motifs is 12. The van der Waals surface area contributed by atoms with Crippen molar-refractivity contribution in [2.45, 2.75) is 0 Å². The predicted molar refractivity (Wildman–Crippen MR) is 288 cm³/mol. The summed E-state index contributed by atoms with van der Waals surface area (Å²) in [7, 11) is -3.26. The molecule has 0 saturated heterocycles. The maximum absolute atomic E-state index is 15.9. The van der Waals surface area contributed by atoms with Gasteiger partial charge in [0.25, 0.3) is 0 Å². The highest BCUT2D eigenvalue weighted by Gasteiger charge is 2.31. The predicted octanol–water partition coefficient (Wildman–Crippen LogP) is 16.3. The topological polar surface area (TPSA) is 35.1 Å². The second kappa shape index (κ2) is 15.0. The first kappa shape index (κ1) is 38.7. The van der Waals surface area contributed by atoms with Gasteiger partial charge in [-0.1, -0.05) is 188 Å². The average Bonchev–Trinajstić information content (AvgIpc) is 3.97. The number of benzene rings is 12. The summed E-state index contributed by atoms with van der Waals surface area (Å²) in [6.45, 7) is 0. The van der Waals surface area contributed by atoms with Crippen LogP contribution in [0.5, 0.6) is 0 Å². The second-order valence-corrected chi connectivity index (χ2v) is 20.6. The molecule has 2 heterocycles. The van der Waals surface area contributed by atoms with E-state index in [-0.39, 0.29) is 0 Å². The van der Waals surface area contributed by atoms with Crippen molar-refractivity contribution in [1.29, 1.82) is 0 Å². The van der Waals surface area contributed by atoms with Gasteiger partial charge >= 0.3 is 0 Å². The van der Waals surface area contributed by atoms with E-state index in [0.29, 0.717) is 0 Å². The maximum Gasteiger partial charge on any atom is 0.171 e. The molecular weight excluding hydrogens is 846 g/mol. The third-order valence-corrected chi connectivity index (χ3v) is 17.3. The van der Waals surface area contributed by atoms with Crippen LogP contribution < -0.4 is 15.9 Å². The van der Waals surface area contributed by atoms with Gasteiger partial charge in [-0.05, 0) is 109 Å². The Kier molecular flexibility index (Phi) is 8.56. The van der Waals surface area contributed by atoms with Crippen molar-refractivity contribution < 1.29 is 8.98 Å². The summed E-state index contributed by atoms with van der Waals surface area (Å²) in [5, 5.41) is 16.3. The quantitative estimate of drug-likeness (QED) is 0.123. The van der Waals surface area contributed by atoms with E-state index in [4.69, 9.17) is 4.42 Å². The first-order chi connectivity index (χ1) is 33.6. The first-order valence-corrected chi connectivity index (χ1v) is 24.9. The normalized spacial score (nSPS) is 12.2. The van der Waals surface area contributed by atoms with E-state index >= 15 is 4.57 Å². The monoisotopic (exact) mass is 885 g/mol. The molecule has 14 rings (SSSR count). The van der Waals surface area contributed by atoms with E-state index < -0.39 is 7.14 Å². The van der Waals surface area contributed by atoms with Crippen LogP contribution in [0.4, 0.5) is 0 Å². The minimum atomic E-state index is -3.26. The van der Waals surface area contributed by atoms with Crippen molar-refractivity contribution in [3.63, 3.8) is 0 Å². The van der Waals surface area contributed by atoms with E-state index in [0.717, 1.165) is 104 Å². The molecule has 0 aliphatic carbocycles. The largest absolute Gasteiger partial charge is 0.455 e. The van der Waals surface area contributed by atoms with Gasteiger partial charge in [-0.2, -0.15) is 0 Å². The lowest BCUT2D eigenvalue weighted by atomic mass is 9.84. The van der Waals surface area contributed by atoms with Gasteiger partial charge < -0.3 is 13.5 Å². The van der Waals surface area contributed by atoms with Crippen LogP contribution >= 0.6 is 7.14 Å². The summed E-state index contributed by atoms with van der Waals surface area (Å²) in [6, 6.07) is 85.5. The van der Waals surface area contributed by atoms with Gasteiger partial charge in [0.05, 0.1) is 11.0 Å². The molecule has 0 atom stereocenters. The number of furan rings is 1. The molecule has 2 aromatic heterocycles. The zero-order valence-corrected chi connectivity index (χ0v) is 37.7. The Bertz CT molecular complexity index is 4300. The van der Waals surface area contributed by atoms with Crippen molar-refractivity contribution in [2.75, 3.05) is 0 Å². The van der Waals surface area contributed by atoms with Crippen LogP contribution in [0.25, 0.3) is 115 Å². The van der Waals surface area contributed by atoms with Crippen LogP contribution in [-0.2, 0) is 4.57 Å². The molecular formula is C64H40NO2P. The molecule has 0 unspecified atom stereocenters. The van der Waals surface area contributed by atoms with Crippen LogP contribution in [-0.4, -0.2) is 4.57 Å². The molecule has 14 aromatic rings. The van der Waals surface area contributed by atoms with Crippen LogP contribution in [0.3, 0.4) is 0 Å². The van der Waals surface area contributed by atoms with Crippen LogP contribution in [0.1, 0.15) is 0 Å². The minimum absolute atomic E-state index is 0.806.